The molecule has 2 heterocycles. The zero-order chi connectivity index (χ0) is 20.4. The lowest BCUT2D eigenvalue weighted by Crippen LogP contribution is -2.23. The summed E-state index contributed by atoms with van der Waals surface area (Å²) in [7, 11) is 2.07. The fourth-order valence-corrected chi connectivity index (χ4v) is 3.89. The maximum Gasteiger partial charge on any atom is 0.199 e. The second-order valence-corrected chi connectivity index (χ2v) is 8.01. The van der Waals surface area contributed by atoms with E-state index in [2.05, 4.69) is 44.9 Å². The minimum atomic E-state index is 0.0695. The van der Waals surface area contributed by atoms with Gasteiger partial charge in [0.25, 0.3) is 0 Å². The third-order valence-electron chi connectivity index (χ3n) is 4.92. The number of aromatic amines is 1. The average Bonchev–Trinajstić information content (AvgIpc) is 3.21. The topological polar surface area (TPSA) is 73.2 Å². The average molecular weight is 455 g/mol. The lowest BCUT2D eigenvalue weighted by Gasteiger charge is -2.14. The van der Waals surface area contributed by atoms with Gasteiger partial charge in [-0.3, -0.25) is 0 Å². The number of likely N-dealkylation sites (N-methyl/N-ethyl adjacent to an activating group) is 1. The van der Waals surface area contributed by atoms with Gasteiger partial charge in [-0.05, 0) is 44.3 Å². The van der Waals surface area contributed by atoms with Crippen LogP contribution in [-0.4, -0.2) is 53.2 Å². The van der Waals surface area contributed by atoms with Crippen molar-refractivity contribution in [2.24, 2.45) is 10.1 Å². The van der Waals surface area contributed by atoms with Crippen LogP contribution in [0.15, 0.2) is 57.1 Å². The number of halogens is 1. The molecule has 2 aromatic carbocycles. The first-order valence-electron chi connectivity index (χ1n) is 9.66. The molecule has 29 heavy (non-hydrogen) atoms. The molecule has 0 fully saturated rings. The standard InChI is InChI=1S/C22H23BrN4O2/c1-3-10-27(2)11-12-29-26-20-15-6-4-5-7-17(15)24-21(20)19-16-13-14(23)8-9-18(16)25-22(19)28/h4-9,13,25,28H,3,10-12H2,1-2H3. The summed E-state index contributed by atoms with van der Waals surface area (Å²) in [4.78, 5) is 15.7. The molecule has 0 saturated heterocycles. The SMILES string of the molecule is CCCN(C)CCON=C1C(c2c(O)[nH]c3ccc(Br)cc23)=Nc2ccccc21. The number of benzene rings is 2. The Bertz CT molecular complexity index is 1100. The van der Waals surface area contributed by atoms with Crippen LogP contribution in [0.2, 0.25) is 0 Å². The number of aliphatic imine (C=N–C) groups is 1. The molecule has 0 amide bonds. The van der Waals surface area contributed by atoms with Crippen molar-refractivity contribution in [2.75, 3.05) is 26.7 Å². The van der Waals surface area contributed by atoms with Crippen molar-refractivity contribution >= 4 is 43.9 Å². The van der Waals surface area contributed by atoms with Gasteiger partial charge >= 0.3 is 0 Å². The van der Waals surface area contributed by atoms with Gasteiger partial charge in [0.1, 0.15) is 18.0 Å². The normalized spacial score (nSPS) is 14.6. The molecule has 0 spiro atoms. The highest BCUT2D eigenvalue weighted by molar-refractivity contribution is 9.10. The third kappa shape index (κ3) is 3.93. The van der Waals surface area contributed by atoms with E-state index in [0.717, 1.165) is 46.1 Å². The van der Waals surface area contributed by atoms with Crippen LogP contribution in [0, 0.1) is 0 Å². The first-order chi connectivity index (χ1) is 14.1. The van der Waals surface area contributed by atoms with Crippen molar-refractivity contribution in [1.29, 1.82) is 0 Å². The smallest absolute Gasteiger partial charge is 0.199 e. The summed E-state index contributed by atoms with van der Waals surface area (Å²) in [5.41, 5.74) is 4.42. The molecule has 1 aromatic heterocycles. The van der Waals surface area contributed by atoms with Gasteiger partial charge < -0.3 is 19.8 Å². The second kappa shape index (κ2) is 8.39. The van der Waals surface area contributed by atoms with E-state index in [9.17, 15) is 5.11 Å². The summed E-state index contributed by atoms with van der Waals surface area (Å²) in [5, 5.41) is 15.9. The van der Waals surface area contributed by atoms with E-state index in [-0.39, 0.29) is 5.88 Å². The molecule has 2 N–H and O–H groups in total. The van der Waals surface area contributed by atoms with Crippen LogP contribution in [0.5, 0.6) is 5.88 Å². The number of nitrogens with zero attached hydrogens (tertiary/aromatic N) is 3. The van der Waals surface area contributed by atoms with Crippen LogP contribution >= 0.6 is 15.9 Å². The van der Waals surface area contributed by atoms with E-state index >= 15 is 0 Å². The number of H-pyrrole nitrogens is 1. The first-order valence-corrected chi connectivity index (χ1v) is 10.4. The molecule has 0 radical (unpaired) electrons. The van der Waals surface area contributed by atoms with Crippen molar-refractivity contribution in [1.82, 2.24) is 9.88 Å². The van der Waals surface area contributed by atoms with Gasteiger partial charge in [0, 0.05) is 27.5 Å². The first kappa shape index (κ1) is 19.7. The zero-order valence-corrected chi connectivity index (χ0v) is 18.0. The molecule has 1 aliphatic rings. The summed E-state index contributed by atoms with van der Waals surface area (Å²) in [6, 6.07) is 13.6. The van der Waals surface area contributed by atoms with E-state index in [4.69, 9.17) is 9.83 Å². The van der Waals surface area contributed by atoms with Crippen molar-refractivity contribution in [3.05, 3.63) is 58.1 Å². The summed E-state index contributed by atoms with van der Waals surface area (Å²) < 4.78 is 0.926. The highest BCUT2D eigenvalue weighted by atomic mass is 79.9. The summed E-state index contributed by atoms with van der Waals surface area (Å²) in [6.07, 6.45) is 1.10. The Hall–Kier alpha value is -2.64. The Morgan fingerprint density at radius 3 is 2.86 bits per heavy atom. The van der Waals surface area contributed by atoms with Gasteiger partial charge in [0.15, 0.2) is 5.88 Å². The van der Waals surface area contributed by atoms with Gasteiger partial charge in [-0.25, -0.2) is 4.99 Å². The summed E-state index contributed by atoms with van der Waals surface area (Å²) in [6.45, 7) is 4.46. The minimum absolute atomic E-state index is 0.0695. The molecule has 0 saturated carbocycles. The molecular weight excluding hydrogens is 432 g/mol. The fourth-order valence-electron chi connectivity index (χ4n) is 3.53. The van der Waals surface area contributed by atoms with Gasteiger partial charge in [0.05, 0.1) is 11.3 Å². The third-order valence-corrected chi connectivity index (χ3v) is 5.41. The number of aromatic nitrogens is 1. The van der Waals surface area contributed by atoms with Crippen LogP contribution in [-0.2, 0) is 4.84 Å². The molecule has 6 nitrogen and oxygen atoms in total. The molecule has 0 bridgehead atoms. The van der Waals surface area contributed by atoms with Crippen molar-refractivity contribution in [3.8, 4) is 5.88 Å². The molecule has 3 aromatic rings. The molecule has 0 unspecified atom stereocenters. The zero-order valence-electron chi connectivity index (χ0n) is 16.4. The number of hydrogen-bond donors (Lipinski definition) is 2. The highest BCUT2D eigenvalue weighted by Crippen LogP contribution is 2.36. The van der Waals surface area contributed by atoms with Gasteiger partial charge in [-0.1, -0.05) is 46.2 Å². The van der Waals surface area contributed by atoms with Crippen LogP contribution < -0.4 is 0 Å². The number of fused-ring (bicyclic) bond motifs is 2. The molecule has 0 aliphatic carbocycles. The maximum absolute atomic E-state index is 10.6. The lowest BCUT2D eigenvalue weighted by molar-refractivity contribution is 0.120. The number of nitrogens with one attached hydrogen (secondary N) is 1. The second-order valence-electron chi connectivity index (χ2n) is 7.09. The van der Waals surface area contributed by atoms with Gasteiger partial charge in [-0.15, -0.1) is 0 Å². The Balaban J connectivity index is 1.70. The van der Waals surface area contributed by atoms with E-state index < -0.39 is 0 Å². The van der Waals surface area contributed by atoms with Crippen LogP contribution in [0.3, 0.4) is 0 Å². The fraction of sp³-hybridized carbons (Fsp3) is 0.273. The molecule has 7 heteroatoms. The lowest BCUT2D eigenvalue weighted by atomic mass is 10.0. The van der Waals surface area contributed by atoms with E-state index in [1.165, 1.54) is 0 Å². The number of rotatable bonds is 7. The number of aromatic hydroxyl groups is 1. The Morgan fingerprint density at radius 1 is 1.21 bits per heavy atom. The predicted molar refractivity (Wildman–Crippen MR) is 121 cm³/mol. The molecule has 150 valence electrons. The largest absolute Gasteiger partial charge is 0.494 e. The predicted octanol–water partition coefficient (Wildman–Crippen LogP) is 4.83. The monoisotopic (exact) mass is 454 g/mol. The van der Waals surface area contributed by atoms with Crippen molar-refractivity contribution in [2.45, 2.75) is 13.3 Å². The Labute approximate surface area is 178 Å². The van der Waals surface area contributed by atoms with Gasteiger partial charge in [-0.2, -0.15) is 0 Å². The number of hydrogen-bond acceptors (Lipinski definition) is 5. The summed E-state index contributed by atoms with van der Waals surface area (Å²) in [5.74, 6) is 0.0695. The molecule has 1 aliphatic heterocycles. The van der Waals surface area contributed by atoms with E-state index in [1.807, 2.05) is 42.5 Å². The quantitative estimate of drug-likeness (QED) is 0.396. The van der Waals surface area contributed by atoms with Crippen LogP contribution in [0.1, 0.15) is 24.5 Å². The highest BCUT2D eigenvalue weighted by Gasteiger charge is 2.29. The number of oxime groups is 1. The molecule has 4 rings (SSSR count). The molecular formula is C22H23BrN4O2. The molecule has 0 atom stereocenters. The van der Waals surface area contributed by atoms with Gasteiger partial charge in [0.2, 0.25) is 0 Å². The van der Waals surface area contributed by atoms with Crippen molar-refractivity contribution < 1.29 is 9.94 Å². The van der Waals surface area contributed by atoms with Crippen molar-refractivity contribution in [3.63, 3.8) is 0 Å². The Kier molecular flexibility index (Phi) is 5.69. The van der Waals surface area contributed by atoms with E-state index in [0.29, 0.717) is 23.6 Å². The number of para-hydroxylation sites is 1. The van der Waals surface area contributed by atoms with Crippen LogP contribution in [0.4, 0.5) is 5.69 Å². The van der Waals surface area contributed by atoms with Crippen LogP contribution in [0.25, 0.3) is 10.9 Å². The minimum Gasteiger partial charge on any atom is -0.494 e. The summed E-state index contributed by atoms with van der Waals surface area (Å²) >= 11 is 3.51. The Morgan fingerprint density at radius 2 is 2.03 bits per heavy atom. The maximum atomic E-state index is 10.6. The van der Waals surface area contributed by atoms with E-state index in [1.54, 1.807) is 0 Å².